The number of benzene rings is 2. The summed E-state index contributed by atoms with van der Waals surface area (Å²) in [5.74, 6) is 0.604. The van der Waals surface area contributed by atoms with Crippen LogP contribution in [0.2, 0.25) is 0 Å². The molecule has 0 unspecified atom stereocenters. The Labute approximate surface area is 169 Å². The summed E-state index contributed by atoms with van der Waals surface area (Å²) in [5.41, 5.74) is 2.51. The number of aromatic nitrogens is 4. The van der Waals surface area contributed by atoms with Gasteiger partial charge in [-0.2, -0.15) is 0 Å². The van der Waals surface area contributed by atoms with E-state index in [-0.39, 0.29) is 11.2 Å². The molecule has 0 fully saturated rings. The summed E-state index contributed by atoms with van der Waals surface area (Å²) in [5, 5.41) is 11.8. The molecule has 3 aromatic heterocycles. The number of nitrogens with zero attached hydrogens (tertiary/aromatic N) is 5. The quantitative estimate of drug-likeness (QED) is 0.339. The molecule has 0 bridgehead atoms. The highest BCUT2D eigenvalue weighted by molar-refractivity contribution is 6.02. The highest BCUT2D eigenvalue weighted by Gasteiger charge is 2.20. The van der Waals surface area contributed by atoms with Gasteiger partial charge in [-0.3, -0.25) is 24.0 Å². The number of rotatable bonds is 3. The van der Waals surface area contributed by atoms with E-state index in [1.807, 2.05) is 42.5 Å². The van der Waals surface area contributed by atoms with Gasteiger partial charge in [0.25, 0.3) is 11.2 Å². The molecule has 2 aromatic carbocycles. The summed E-state index contributed by atoms with van der Waals surface area (Å²) >= 11 is 0. The summed E-state index contributed by atoms with van der Waals surface area (Å²) in [6.07, 6.45) is 1.65. The Morgan fingerprint density at radius 2 is 1.60 bits per heavy atom. The third-order valence-electron chi connectivity index (χ3n) is 5.04. The van der Waals surface area contributed by atoms with Crippen LogP contribution in [-0.2, 0) is 0 Å². The second kappa shape index (κ2) is 6.63. The van der Waals surface area contributed by atoms with Crippen molar-refractivity contribution in [3.8, 4) is 11.4 Å². The highest BCUT2D eigenvalue weighted by atomic mass is 16.6. The molecule has 0 spiro atoms. The van der Waals surface area contributed by atoms with Gasteiger partial charge in [0.1, 0.15) is 22.5 Å². The zero-order chi connectivity index (χ0) is 20.8. The first kappa shape index (κ1) is 17.7. The standard InChI is InChI=1S/C22H15N5O3/c1-14-24-19-18-8-5-13-23-21(18)26(15-6-3-2-4-7-15)22(28)20(19)25(14)16-9-11-17(12-10-16)27(29)30/h2-13H,1H3. The molecule has 3 heterocycles. The van der Waals surface area contributed by atoms with Gasteiger partial charge in [-0.1, -0.05) is 18.2 Å². The molecule has 0 aliphatic rings. The van der Waals surface area contributed by atoms with Crippen LogP contribution in [0.15, 0.2) is 77.7 Å². The molecular weight excluding hydrogens is 382 g/mol. The number of nitro groups is 1. The fraction of sp³-hybridized carbons (Fsp3) is 0.0455. The number of para-hydroxylation sites is 1. The van der Waals surface area contributed by atoms with Gasteiger partial charge in [-0.15, -0.1) is 0 Å². The molecule has 8 heteroatoms. The van der Waals surface area contributed by atoms with Gasteiger partial charge in [-0.25, -0.2) is 9.97 Å². The maximum atomic E-state index is 13.7. The molecule has 5 aromatic rings. The smallest absolute Gasteiger partial charge is 0.283 e. The SMILES string of the molecule is Cc1nc2c3cccnc3n(-c3ccccc3)c(=O)c2n1-c1ccc([N+](=O)[O-])cc1. The van der Waals surface area contributed by atoms with E-state index in [0.717, 1.165) is 5.39 Å². The monoisotopic (exact) mass is 397 g/mol. The Balaban J connectivity index is 1.91. The summed E-state index contributed by atoms with van der Waals surface area (Å²) in [6.45, 7) is 1.80. The Bertz CT molecular complexity index is 1490. The fourth-order valence-electron chi connectivity index (χ4n) is 3.74. The summed E-state index contributed by atoms with van der Waals surface area (Å²) in [7, 11) is 0. The predicted octanol–water partition coefficient (Wildman–Crippen LogP) is 3.94. The molecule has 5 rings (SSSR count). The number of fused-ring (bicyclic) bond motifs is 3. The minimum Gasteiger partial charge on any atom is -0.292 e. The molecule has 0 radical (unpaired) electrons. The molecular formula is C22H15N5O3. The van der Waals surface area contributed by atoms with Crippen LogP contribution in [0.25, 0.3) is 33.4 Å². The Hall–Kier alpha value is -4.33. The topological polar surface area (TPSA) is 95.8 Å². The van der Waals surface area contributed by atoms with Crippen molar-refractivity contribution >= 4 is 27.8 Å². The average molecular weight is 397 g/mol. The van der Waals surface area contributed by atoms with Gasteiger partial charge < -0.3 is 0 Å². The maximum Gasteiger partial charge on any atom is 0.283 e. The van der Waals surface area contributed by atoms with Crippen molar-refractivity contribution in [1.82, 2.24) is 19.1 Å². The number of non-ortho nitro benzene ring substituents is 1. The van der Waals surface area contributed by atoms with E-state index in [2.05, 4.69) is 9.97 Å². The van der Waals surface area contributed by atoms with Crippen LogP contribution in [0.1, 0.15) is 5.82 Å². The molecule has 0 saturated heterocycles. The maximum absolute atomic E-state index is 13.7. The zero-order valence-corrected chi connectivity index (χ0v) is 15.9. The van der Waals surface area contributed by atoms with E-state index in [1.165, 1.54) is 12.1 Å². The third kappa shape index (κ3) is 2.58. The largest absolute Gasteiger partial charge is 0.292 e. The lowest BCUT2D eigenvalue weighted by molar-refractivity contribution is -0.384. The van der Waals surface area contributed by atoms with Crippen molar-refractivity contribution < 1.29 is 4.92 Å². The number of imidazole rings is 1. The van der Waals surface area contributed by atoms with E-state index in [9.17, 15) is 14.9 Å². The van der Waals surface area contributed by atoms with E-state index in [1.54, 1.807) is 34.4 Å². The summed E-state index contributed by atoms with van der Waals surface area (Å²) in [4.78, 5) is 33.3. The van der Waals surface area contributed by atoms with Crippen molar-refractivity contribution in [1.29, 1.82) is 0 Å². The molecule has 0 saturated carbocycles. The van der Waals surface area contributed by atoms with Gasteiger partial charge in [0, 0.05) is 29.4 Å². The minimum absolute atomic E-state index is 0.0165. The lowest BCUT2D eigenvalue weighted by Gasteiger charge is -2.12. The van der Waals surface area contributed by atoms with E-state index >= 15 is 0 Å². The van der Waals surface area contributed by atoms with Gasteiger partial charge in [0.15, 0.2) is 0 Å². The van der Waals surface area contributed by atoms with Crippen LogP contribution in [-0.4, -0.2) is 24.0 Å². The predicted molar refractivity (Wildman–Crippen MR) is 113 cm³/mol. The number of hydrogen-bond donors (Lipinski definition) is 0. The first-order chi connectivity index (χ1) is 14.6. The number of pyridine rings is 2. The molecule has 0 aliphatic heterocycles. The van der Waals surface area contributed by atoms with Gasteiger partial charge in [-0.05, 0) is 43.3 Å². The summed E-state index contributed by atoms with van der Waals surface area (Å²) < 4.78 is 3.30. The first-order valence-electron chi connectivity index (χ1n) is 9.25. The molecule has 0 N–H and O–H groups in total. The lowest BCUT2D eigenvalue weighted by Crippen LogP contribution is -2.21. The normalized spacial score (nSPS) is 11.2. The Morgan fingerprint density at radius 3 is 2.30 bits per heavy atom. The van der Waals surface area contributed by atoms with Crippen LogP contribution in [0.3, 0.4) is 0 Å². The van der Waals surface area contributed by atoms with Crippen molar-refractivity contribution in [2.45, 2.75) is 6.92 Å². The van der Waals surface area contributed by atoms with Gasteiger partial charge in [0.05, 0.1) is 10.6 Å². The van der Waals surface area contributed by atoms with Crippen LogP contribution in [0.5, 0.6) is 0 Å². The Kier molecular flexibility index (Phi) is 3.92. The van der Waals surface area contributed by atoms with Crippen molar-refractivity contribution in [2.75, 3.05) is 0 Å². The molecule has 0 atom stereocenters. The molecule has 0 aliphatic carbocycles. The van der Waals surface area contributed by atoms with Crippen molar-refractivity contribution in [2.24, 2.45) is 0 Å². The van der Waals surface area contributed by atoms with Crippen LogP contribution < -0.4 is 5.56 Å². The second-order valence-corrected chi connectivity index (χ2v) is 6.82. The molecule has 0 amide bonds. The average Bonchev–Trinajstić information content (AvgIpc) is 3.12. The first-order valence-corrected chi connectivity index (χ1v) is 9.25. The van der Waals surface area contributed by atoms with Crippen LogP contribution in [0, 0.1) is 17.0 Å². The van der Waals surface area contributed by atoms with Crippen molar-refractivity contribution in [3.63, 3.8) is 0 Å². The van der Waals surface area contributed by atoms with Gasteiger partial charge >= 0.3 is 0 Å². The molecule has 30 heavy (non-hydrogen) atoms. The van der Waals surface area contributed by atoms with E-state index < -0.39 is 4.92 Å². The van der Waals surface area contributed by atoms with Crippen molar-refractivity contribution in [3.05, 3.63) is 99.2 Å². The molecule has 8 nitrogen and oxygen atoms in total. The zero-order valence-electron chi connectivity index (χ0n) is 15.9. The highest BCUT2D eigenvalue weighted by Crippen LogP contribution is 2.27. The second-order valence-electron chi connectivity index (χ2n) is 6.82. The fourth-order valence-corrected chi connectivity index (χ4v) is 3.74. The van der Waals surface area contributed by atoms with Crippen LogP contribution >= 0.6 is 0 Å². The summed E-state index contributed by atoms with van der Waals surface area (Å²) in [6, 6.07) is 19.1. The van der Waals surface area contributed by atoms with Gasteiger partial charge in [0.2, 0.25) is 0 Å². The lowest BCUT2D eigenvalue weighted by atomic mass is 10.2. The number of hydrogen-bond acceptors (Lipinski definition) is 5. The minimum atomic E-state index is -0.454. The Morgan fingerprint density at radius 1 is 0.900 bits per heavy atom. The van der Waals surface area contributed by atoms with E-state index in [0.29, 0.717) is 33.9 Å². The third-order valence-corrected chi connectivity index (χ3v) is 5.04. The molecule has 146 valence electrons. The number of nitro benzene ring substituents is 1. The van der Waals surface area contributed by atoms with Crippen LogP contribution in [0.4, 0.5) is 5.69 Å². The van der Waals surface area contributed by atoms with E-state index in [4.69, 9.17) is 0 Å². The number of aryl methyl sites for hydroxylation is 1.